The fourth-order valence-electron chi connectivity index (χ4n) is 0.757. The molecule has 0 saturated heterocycles. The molecule has 0 N–H and O–H groups in total. The molecular formula is C6H11B2ClO. The van der Waals surface area contributed by atoms with Crippen molar-refractivity contribution >= 4 is 31.4 Å². The number of hydrogen-bond acceptors (Lipinski definition) is 1. The third-order valence-corrected chi connectivity index (χ3v) is 1.74. The smallest absolute Gasteiger partial charge is 0.216 e. The molecule has 0 spiro atoms. The molecule has 54 valence electrons. The number of carbonyl (C=O) groups excluding carboxylic acids is 1. The Balaban J connectivity index is 3.50. The lowest BCUT2D eigenvalue weighted by Gasteiger charge is -2.05. The predicted octanol–water partition coefficient (Wildman–Crippen LogP) is 1.85. The molecule has 0 heterocycles. The van der Waals surface area contributed by atoms with Gasteiger partial charge in [0.05, 0.1) is 0 Å². The molecule has 0 rings (SSSR count). The van der Waals surface area contributed by atoms with Gasteiger partial charge in [-0.15, -0.1) is 0 Å². The highest BCUT2D eigenvalue weighted by Crippen LogP contribution is 2.15. The van der Waals surface area contributed by atoms with Gasteiger partial charge in [0.15, 0.2) is 0 Å². The van der Waals surface area contributed by atoms with E-state index in [0.29, 0.717) is 0 Å². The molecule has 0 saturated carbocycles. The minimum atomic E-state index is -0.246. The Morgan fingerprint density at radius 1 is 1.60 bits per heavy atom. The van der Waals surface area contributed by atoms with Gasteiger partial charge in [0.1, 0.15) is 14.6 Å². The Kier molecular flexibility index (Phi) is 5.90. The summed E-state index contributed by atoms with van der Waals surface area (Å²) in [6.07, 6.45) is 1.79. The molecule has 1 nitrogen and oxygen atoms in total. The first-order valence-electron chi connectivity index (χ1n) is 3.49. The van der Waals surface area contributed by atoms with Crippen molar-refractivity contribution < 1.29 is 4.79 Å². The molecule has 0 aliphatic rings. The fourth-order valence-corrected chi connectivity index (χ4v) is 0.993. The van der Waals surface area contributed by atoms with Gasteiger partial charge in [0.25, 0.3) is 0 Å². The average Bonchev–Trinajstić information content (AvgIpc) is 1.89. The molecule has 1 unspecified atom stereocenters. The summed E-state index contributed by atoms with van der Waals surface area (Å²) in [7, 11) is 3.88. The second kappa shape index (κ2) is 5.84. The molecule has 0 aromatic heterocycles. The highest BCUT2D eigenvalue weighted by Gasteiger charge is 2.12. The van der Waals surface area contributed by atoms with Crippen molar-refractivity contribution in [2.24, 2.45) is 0 Å². The minimum Gasteiger partial charge on any atom is -0.282 e. The molecular weight excluding hydrogens is 145 g/mol. The summed E-state index contributed by atoms with van der Waals surface area (Å²) in [5.41, 5.74) is 0. The van der Waals surface area contributed by atoms with Crippen molar-refractivity contribution in [3.05, 3.63) is 0 Å². The first-order chi connectivity index (χ1) is 4.72. The van der Waals surface area contributed by atoms with Crippen LogP contribution in [0.1, 0.15) is 6.42 Å². The van der Waals surface area contributed by atoms with Gasteiger partial charge in [-0.1, -0.05) is 26.4 Å². The summed E-state index contributed by atoms with van der Waals surface area (Å²) >= 11 is 5.30. The first-order valence-corrected chi connectivity index (χ1v) is 3.86. The maximum atomic E-state index is 10.6. The molecule has 4 heteroatoms. The van der Waals surface area contributed by atoms with Crippen molar-refractivity contribution in [1.82, 2.24) is 0 Å². The van der Waals surface area contributed by atoms with Gasteiger partial charge < -0.3 is 0 Å². The maximum Gasteiger partial charge on any atom is 0.216 e. The molecule has 0 amide bonds. The highest BCUT2D eigenvalue weighted by atomic mass is 35.5. The van der Waals surface area contributed by atoms with E-state index >= 15 is 0 Å². The summed E-state index contributed by atoms with van der Waals surface area (Å²) in [5.74, 6) is -0.0575. The minimum absolute atomic E-state index is 0.0575. The van der Waals surface area contributed by atoms with E-state index in [1.54, 1.807) is 0 Å². The van der Waals surface area contributed by atoms with Crippen LogP contribution in [-0.2, 0) is 4.79 Å². The number of halogens is 1. The molecule has 0 fully saturated rings. The van der Waals surface area contributed by atoms with Gasteiger partial charge in [-0.25, -0.2) is 0 Å². The number of rotatable bonds is 5. The third kappa shape index (κ3) is 3.99. The lowest BCUT2D eigenvalue weighted by atomic mass is 9.62. The van der Waals surface area contributed by atoms with Crippen LogP contribution < -0.4 is 0 Å². The molecule has 10 heavy (non-hydrogen) atoms. The van der Waals surface area contributed by atoms with Crippen molar-refractivity contribution in [3.63, 3.8) is 0 Å². The molecule has 0 aromatic carbocycles. The zero-order chi connectivity index (χ0) is 7.98. The van der Waals surface area contributed by atoms with Crippen molar-refractivity contribution in [2.75, 3.05) is 0 Å². The Labute approximate surface area is 69.0 Å². The van der Waals surface area contributed by atoms with Crippen LogP contribution in [0.25, 0.3) is 0 Å². The van der Waals surface area contributed by atoms with Gasteiger partial charge in [-0.3, -0.25) is 4.79 Å². The van der Waals surface area contributed by atoms with E-state index in [2.05, 4.69) is 0 Å². The van der Waals surface area contributed by atoms with E-state index < -0.39 is 0 Å². The van der Waals surface area contributed by atoms with Gasteiger partial charge in [-0.2, -0.15) is 0 Å². The second-order valence-corrected chi connectivity index (χ2v) is 2.60. The van der Waals surface area contributed by atoms with E-state index in [0.717, 1.165) is 12.7 Å². The lowest BCUT2D eigenvalue weighted by molar-refractivity contribution is -0.111. The van der Waals surface area contributed by atoms with E-state index in [-0.39, 0.29) is 11.1 Å². The summed E-state index contributed by atoms with van der Waals surface area (Å²) in [6.45, 7) is 3.84. The number of carbonyl (C=O) groups is 1. The molecule has 1 atom stereocenters. The highest BCUT2D eigenvalue weighted by molar-refractivity contribution is 6.70. The Morgan fingerprint density at radius 2 is 2.20 bits per heavy atom. The topological polar surface area (TPSA) is 17.1 Å². The van der Waals surface area contributed by atoms with E-state index in [4.69, 9.17) is 11.6 Å². The Bertz CT molecular complexity index is 108. The predicted molar refractivity (Wildman–Crippen MR) is 47.3 cm³/mol. The van der Waals surface area contributed by atoms with E-state index in [1.165, 1.54) is 0 Å². The van der Waals surface area contributed by atoms with Gasteiger partial charge in [-0.05, 0) is 11.6 Å². The van der Waals surface area contributed by atoms with Crippen molar-refractivity contribution in [3.8, 4) is 0 Å². The third-order valence-electron chi connectivity index (χ3n) is 1.46. The van der Waals surface area contributed by atoms with Crippen LogP contribution in [-0.4, -0.2) is 19.8 Å². The largest absolute Gasteiger partial charge is 0.282 e. The zero-order valence-electron chi connectivity index (χ0n) is 6.43. The second-order valence-electron chi connectivity index (χ2n) is 2.23. The summed E-state index contributed by atoms with van der Waals surface area (Å²) in [6, 6.07) is 0. The van der Waals surface area contributed by atoms with Crippen molar-refractivity contribution in [2.45, 2.75) is 32.2 Å². The summed E-state index contributed by atoms with van der Waals surface area (Å²) in [5, 5.41) is -0.246. The van der Waals surface area contributed by atoms with Crippen LogP contribution in [0.3, 0.4) is 0 Å². The molecule has 0 bridgehead atoms. The monoisotopic (exact) mass is 156 g/mol. The van der Waals surface area contributed by atoms with Crippen LogP contribution in [0, 0.1) is 0 Å². The van der Waals surface area contributed by atoms with Crippen molar-refractivity contribution in [1.29, 1.82) is 0 Å². The SMILES string of the molecule is C[B]CCC([B]C)C(=O)Cl. The molecule has 0 aliphatic heterocycles. The van der Waals surface area contributed by atoms with Gasteiger partial charge in [0, 0.05) is 5.82 Å². The molecule has 0 aliphatic carbocycles. The Morgan fingerprint density at radius 3 is 2.50 bits per heavy atom. The van der Waals surface area contributed by atoms with Crippen LogP contribution in [0.5, 0.6) is 0 Å². The standard InChI is InChI=1S/C6H11B2ClO/c1-7-4-3-5(8-2)6(9)10/h5H,3-4H2,1-2H3. The number of hydrogen-bond donors (Lipinski definition) is 0. The quantitative estimate of drug-likeness (QED) is 0.438. The van der Waals surface area contributed by atoms with Crippen LogP contribution in [0.2, 0.25) is 25.8 Å². The summed E-state index contributed by atoms with van der Waals surface area (Å²) in [4.78, 5) is 10.6. The van der Waals surface area contributed by atoms with Crippen LogP contribution in [0.4, 0.5) is 0 Å². The van der Waals surface area contributed by atoms with Crippen LogP contribution >= 0.6 is 11.6 Å². The van der Waals surface area contributed by atoms with Crippen LogP contribution in [0.15, 0.2) is 0 Å². The molecule has 2 radical (unpaired) electrons. The van der Waals surface area contributed by atoms with E-state index in [9.17, 15) is 4.79 Å². The molecule has 0 aromatic rings. The zero-order valence-corrected chi connectivity index (χ0v) is 7.19. The van der Waals surface area contributed by atoms with Gasteiger partial charge in [0.2, 0.25) is 5.24 Å². The average molecular weight is 156 g/mol. The fraction of sp³-hybridized carbons (Fsp3) is 0.833. The first kappa shape index (κ1) is 10.1. The normalized spacial score (nSPS) is 12.3. The van der Waals surface area contributed by atoms with E-state index in [1.807, 2.05) is 28.2 Å². The summed E-state index contributed by atoms with van der Waals surface area (Å²) < 4.78 is 0. The van der Waals surface area contributed by atoms with Gasteiger partial charge >= 0.3 is 0 Å². The lowest BCUT2D eigenvalue weighted by Crippen LogP contribution is -2.07. The Hall–Kier alpha value is 0.0899. The maximum absolute atomic E-state index is 10.6.